The third-order valence-electron chi connectivity index (χ3n) is 13.0. The largest absolute Gasteiger partial charge is 0.444 e. The Bertz CT molecular complexity index is 2590. The van der Waals surface area contributed by atoms with Crippen LogP contribution in [-0.2, 0) is 29.8 Å². The number of hydrogen-bond acceptors (Lipinski definition) is 8. The van der Waals surface area contributed by atoms with E-state index in [1.165, 1.54) is 24.3 Å². The molecule has 18 heteroatoms. The second-order valence-electron chi connectivity index (χ2n) is 20.3. The molecule has 2 amide bonds. The molecule has 6 aromatic rings. The molecule has 2 fully saturated rings. The third-order valence-corrected chi connectivity index (χ3v) is 14.6. The zero-order valence-electron chi connectivity index (χ0n) is 40.7. The molecule has 0 unspecified atom stereocenters. The van der Waals surface area contributed by atoms with E-state index >= 15 is 0 Å². The molecule has 2 saturated heterocycles. The fraction of sp³-hybridized carbons (Fsp3) is 0.462. The van der Waals surface area contributed by atoms with Crippen LogP contribution in [0, 0.1) is 11.6 Å². The summed E-state index contributed by atoms with van der Waals surface area (Å²) in [5.41, 5.74) is 3.50. The lowest BCUT2D eigenvalue weighted by molar-refractivity contribution is -0.00958. The molecule has 2 aliphatic rings. The Kier molecular flexibility index (Phi) is 16.7. The summed E-state index contributed by atoms with van der Waals surface area (Å²) in [5.74, 6) is -0.565. The van der Waals surface area contributed by atoms with Crippen molar-refractivity contribution in [3.05, 3.63) is 126 Å². The summed E-state index contributed by atoms with van der Waals surface area (Å²) >= 11 is 19.7. The van der Waals surface area contributed by atoms with Gasteiger partial charge in [0.05, 0.1) is 36.5 Å². The van der Waals surface area contributed by atoms with E-state index in [2.05, 4.69) is 52.3 Å². The molecule has 0 aliphatic carbocycles. The minimum absolute atomic E-state index is 0.283. The number of fused-ring (bicyclic) bond motifs is 2. The van der Waals surface area contributed by atoms with Gasteiger partial charge in [0.25, 0.3) is 0 Å². The van der Waals surface area contributed by atoms with Crippen molar-refractivity contribution in [3.63, 3.8) is 0 Å². The van der Waals surface area contributed by atoms with Crippen LogP contribution in [0.3, 0.4) is 0 Å². The zero-order valence-corrected chi connectivity index (χ0v) is 45.3. The number of amides is 2. The number of aromatic amines is 2. The monoisotopic (exact) mass is 1130 g/mol. The molecule has 8 rings (SSSR count). The Morgan fingerprint density at radius 2 is 0.957 bits per heavy atom. The van der Waals surface area contributed by atoms with Crippen molar-refractivity contribution in [2.75, 3.05) is 39.4 Å². The molecule has 2 atom stereocenters. The number of likely N-dealkylation sites (tertiary alicyclic amines) is 2. The van der Waals surface area contributed by atoms with Gasteiger partial charge < -0.3 is 28.7 Å². The van der Waals surface area contributed by atoms with Crippen LogP contribution in [0.1, 0.15) is 116 Å². The second kappa shape index (κ2) is 21.8. The Balaban J connectivity index is 0.000000206. The summed E-state index contributed by atoms with van der Waals surface area (Å²) in [7, 11) is 0. The van der Waals surface area contributed by atoms with Crippen molar-refractivity contribution < 1.29 is 37.3 Å². The van der Waals surface area contributed by atoms with Gasteiger partial charge in [-0.15, -0.1) is 0 Å². The van der Waals surface area contributed by atoms with Crippen molar-refractivity contribution in [1.82, 2.24) is 30.2 Å². The van der Waals surface area contributed by atoms with Gasteiger partial charge in [0.15, 0.2) is 0 Å². The topological polar surface area (TPSA) is 135 Å². The number of H-pyrrole nitrogens is 2. The number of ether oxygens (including phenoxy) is 4. The number of nitrogens with zero attached hydrogens (tertiary/aromatic N) is 4. The molecule has 12 nitrogen and oxygen atoms in total. The van der Waals surface area contributed by atoms with Crippen molar-refractivity contribution in [3.8, 4) is 0 Å². The van der Waals surface area contributed by atoms with E-state index in [0.29, 0.717) is 75.1 Å². The van der Waals surface area contributed by atoms with Gasteiger partial charge in [0.1, 0.15) is 32.0 Å². The van der Waals surface area contributed by atoms with Crippen LogP contribution in [0.4, 0.5) is 18.4 Å². The van der Waals surface area contributed by atoms with Gasteiger partial charge in [-0.25, -0.2) is 18.4 Å². The summed E-state index contributed by atoms with van der Waals surface area (Å²) in [5, 5.41) is 17.7. The molecular weight excluding hydrogens is 1070 g/mol. The average molecular weight is 1130 g/mol. The highest BCUT2D eigenvalue weighted by atomic mass is 79.9. The van der Waals surface area contributed by atoms with E-state index in [4.69, 9.17) is 42.1 Å². The average Bonchev–Trinajstić information content (AvgIpc) is 3.87. The molecule has 0 saturated carbocycles. The van der Waals surface area contributed by atoms with Crippen LogP contribution in [0.15, 0.2) is 82.0 Å². The van der Waals surface area contributed by atoms with Gasteiger partial charge >= 0.3 is 12.2 Å². The lowest BCUT2D eigenvalue weighted by Gasteiger charge is -2.42. The molecule has 4 aromatic carbocycles. The van der Waals surface area contributed by atoms with Gasteiger partial charge in [-0.1, -0.05) is 47.5 Å². The van der Waals surface area contributed by atoms with Crippen LogP contribution in [-0.4, -0.2) is 93.0 Å². The van der Waals surface area contributed by atoms with E-state index in [0.717, 1.165) is 53.3 Å². The first-order valence-electron chi connectivity index (χ1n) is 23.3. The van der Waals surface area contributed by atoms with Gasteiger partial charge in [0, 0.05) is 69.0 Å². The number of carbonyl (C=O) groups is 2. The van der Waals surface area contributed by atoms with E-state index in [-0.39, 0.29) is 46.9 Å². The number of rotatable bonds is 10. The Labute approximate surface area is 434 Å². The van der Waals surface area contributed by atoms with Crippen LogP contribution < -0.4 is 0 Å². The van der Waals surface area contributed by atoms with Crippen LogP contribution in [0.5, 0.6) is 0 Å². The standard InChI is InChI=1S/2C26H30BrClFN3O3/c2*1-16(20-13-18(28)14-21-22(20)30-31-23(21)27)34-15-26(17-5-7-19(29)8-6-17)9-11-32(12-10-26)24(33)35-25(2,3)4/h2*5-8,13-14,16H,9-12,15H2,1-4H3,(H,30,31)/t2*16-/m10/s1. The van der Waals surface area contributed by atoms with Gasteiger partial charge in [-0.3, -0.25) is 10.2 Å². The van der Waals surface area contributed by atoms with Crippen molar-refractivity contribution in [1.29, 1.82) is 0 Å². The van der Waals surface area contributed by atoms with Crippen LogP contribution in [0.25, 0.3) is 21.8 Å². The van der Waals surface area contributed by atoms with E-state index in [1.807, 2.05) is 104 Å². The summed E-state index contributed by atoms with van der Waals surface area (Å²) in [6, 6.07) is 20.6. The molecule has 2 aliphatic heterocycles. The van der Waals surface area contributed by atoms with Crippen molar-refractivity contribution in [2.24, 2.45) is 0 Å². The third kappa shape index (κ3) is 12.8. The zero-order chi connectivity index (χ0) is 50.8. The first-order chi connectivity index (χ1) is 32.9. The summed E-state index contributed by atoms with van der Waals surface area (Å²) < 4.78 is 52.9. The SMILES string of the molecule is C[C@@H](OCC1(c2ccc(F)cc2)CCN(C(=O)OC(C)(C)C)CC1)c1cc(Cl)cc2c(Br)[nH]nc12.C[C@H](OCC1(c2ccc(F)cc2)CCN(C(=O)OC(C)(C)C)CC1)c1cc(Cl)cc2c(Br)[nH]nc12. The number of aromatic nitrogens is 4. The quantitative estimate of drug-likeness (QED) is 0.138. The molecule has 376 valence electrons. The fourth-order valence-electron chi connectivity index (χ4n) is 9.05. The maximum atomic E-state index is 13.7. The van der Waals surface area contributed by atoms with E-state index < -0.39 is 11.2 Å². The highest BCUT2D eigenvalue weighted by Gasteiger charge is 2.41. The smallest absolute Gasteiger partial charge is 0.410 e. The predicted octanol–water partition coefficient (Wildman–Crippen LogP) is 14.3. The lowest BCUT2D eigenvalue weighted by Crippen LogP contribution is -2.48. The number of halogens is 6. The van der Waals surface area contributed by atoms with Gasteiger partial charge in [-0.2, -0.15) is 10.2 Å². The molecule has 70 heavy (non-hydrogen) atoms. The predicted molar refractivity (Wildman–Crippen MR) is 277 cm³/mol. The fourth-order valence-corrected chi connectivity index (χ4v) is 10.3. The van der Waals surface area contributed by atoms with E-state index in [1.54, 1.807) is 9.80 Å². The molecule has 2 N–H and O–H groups in total. The van der Waals surface area contributed by atoms with Crippen LogP contribution in [0.2, 0.25) is 10.0 Å². The molecule has 4 heterocycles. The van der Waals surface area contributed by atoms with Crippen molar-refractivity contribution in [2.45, 2.75) is 115 Å². The molecule has 0 bridgehead atoms. The maximum Gasteiger partial charge on any atom is 0.410 e. The Hall–Kier alpha value is -4.32. The number of carbonyl (C=O) groups excluding carboxylic acids is 2. The minimum Gasteiger partial charge on any atom is -0.444 e. The first kappa shape index (κ1) is 53.5. The first-order valence-corrected chi connectivity index (χ1v) is 25.7. The van der Waals surface area contributed by atoms with Gasteiger partial charge in [0.2, 0.25) is 0 Å². The summed E-state index contributed by atoms with van der Waals surface area (Å²) in [6.45, 7) is 18.0. The Morgan fingerprint density at radius 3 is 1.27 bits per heavy atom. The number of hydrogen-bond donors (Lipinski definition) is 2. The van der Waals surface area contributed by atoms with Gasteiger partial charge in [-0.05, 0) is 173 Å². The molecular formula is C52H60Br2Cl2F2N6O6. The molecule has 0 radical (unpaired) electrons. The van der Waals surface area contributed by atoms with Crippen molar-refractivity contribution >= 4 is 89.1 Å². The number of benzene rings is 4. The minimum atomic E-state index is -0.551. The maximum absolute atomic E-state index is 13.7. The second-order valence-corrected chi connectivity index (χ2v) is 22.7. The summed E-state index contributed by atoms with van der Waals surface area (Å²) in [6.07, 6.45) is 1.48. The number of nitrogens with one attached hydrogen (secondary N) is 2. The molecule has 2 aromatic heterocycles. The normalized spacial score (nSPS) is 16.9. The summed E-state index contributed by atoms with van der Waals surface area (Å²) in [4.78, 5) is 28.7. The highest BCUT2D eigenvalue weighted by Crippen LogP contribution is 2.41. The number of piperidine rings is 2. The molecule has 0 spiro atoms. The lowest BCUT2D eigenvalue weighted by atomic mass is 9.73. The van der Waals surface area contributed by atoms with Crippen LogP contribution >= 0.6 is 55.1 Å². The highest BCUT2D eigenvalue weighted by molar-refractivity contribution is 9.10. The van der Waals surface area contributed by atoms with E-state index in [9.17, 15) is 18.4 Å². The Morgan fingerprint density at radius 1 is 0.629 bits per heavy atom.